The van der Waals surface area contributed by atoms with Gasteiger partial charge in [0.15, 0.2) is 6.61 Å². The number of benzene rings is 2. The Labute approximate surface area is 212 Å². The number of furan rings is 1. The number of hydrogen-bond acceptors (Lipinski definition) is 7. The van der Waals surface area contributed by atoms with Crippen LogP contribution < -0.4 is 15.0 Å². The zero-order valence-corrected chi connectivity index (χ0v) is 20.4. The fraction of sp³-hybridized carbons (Fsp3) is 0.148. The van der Waals surface area contributed by atoms with E-state index in [4.69, 9.17) is 25.5 Å². The molecule has 0 bridgehead atoms. The standard InChI is InChI=1S/C27H23ClN2O6/c1-17-25(27(33)34-2)26(32)23(30(17)20-9-7-19(28)8-10-20)14-18-5-11-21(12-6-18)36-16-24(31)29-15-22-4-3-13-35-22/h3-14H,15-16H2,1-2H3,(H,29,31)/b23-14-. The molecule has 2 aromatic carbocycles. The predicted molar refractivity (Wildman–Crippen MR) is 134 cm³/mol. The molecule has 0 saturated heterocycles. The van der Waals surface area contributed by atoms with E-state index in [-0.39, 0.29) is 24.6 Å². The predicted octanol–water partition coefficient (Wildman–Crippen LogP) is 4.51. The summed E-state index contributed by atoms with van der Waals surface area (Å²) in [6.45, 7) is 1.81. The van der Waals surface area contributed by atoms with Gasteiger partial charge in [-0.3, -0.25) is 9.59 Å². The Kier molecular flexibility index (Phi) is 7.56. The average molecular weight is 507 g/mol. The molecule has 4 rings (SSSR count). The Morgan fingerprint density at radius 3 is 2.44 bits per heavy atom. The highest BCUT2D eigenvalue weighted by atomic mass is 35.5. The van der Waals surface area contributed by atoms with Crippen molar-refractivity contribution in [3.05, 3.63) is 100 Å². The van der Waals surface area contributed by atoms with Crippen LogP contribution in [0.4, 0.5) is 5.69 Å². The van der Waals surface area contributed by atoms with E-state index in [1.165, 1.54) is 13.4 Å². The number of methoxy groups -OCH3 is 1. The molecule has 0 spiro atoms. The van der Waals surface area contributed by atoms with Gasteiger partial charge in [0, 0.05) is 16.4 Å². The van der Waals surface area contributed by atoms with Gasteiger partial charge < -0.3 is 24.1 Å². The number of anilines is 1. The fourth-order valence-electron chi connectivity index (χ4n) is 3.70. The Balaban J connectivity index is 1.49. The first kappa shape index (κ1) is 24.8. The van der Waals surface area contributed by atoms with Gasteiger partial charge in [0.2, 0.25) is 5.78 Å². The quantitative estimate of drug-likeness (QED) is 0.273. The summed E-state index contributed by atoms with van der Waals surface area (Å²) >= 11 is 6.02. The van der Waals surface area contributed by atoms with E-state index < -0.39 is 11.8 Å². The number of carbonyl (C=O) groups is 3. The lowest BCUT2D eigenvalue weighted by Crippen LogP contribution is -2.28. The van der Waals surface area contributed by atoms with E-state index >= 15 is 0 Å². The SMILES string of the molecule is COC(=O)C1=C(C)N(c2ccc(Cl)cc2)/C(=C\c2ccc(OCC(=O)NCc3ccco3)cc2)C1=O. The van der Waals surface area contributed by atoms with Crippen molar-refractivity contribution >= 4 is 41.0 Å². The van der Waals surface area contributed by atoms with Crippen LogP contribution in [0, 0.1) is 0 Å². The second-order valence-corrected chi connectivity index (χ2v) is 8.27. The van der Waals surface area contributed by atoms with E-state index in [1.54, 1.807) is 78.6 Å². The topological polar surface area (TPSA) is 98.1 Å². The van der Waals surface area contributed by atoms with Crippen LogP contribution in [0.1, 0.15) is 18.2 Å². The van der Waals surface area contributed by atoms with Crippen LogP contribution in [0.3, 0.4) is 0 Å². The van der Waals surface area contributed by atoms with Crippen LogP contribution in [0.25, 0.3) is 6.08 Å². The van der Waals surface area contributed by atoms with Crippen LogP contribution in [-0.2, 0) is 25.7 Å². The molecule has 1 N–H and O–H groups in total. The molecule has 1 amide bonds. The minimum atomic E-state index is -0.700. The lowest BCUT2D eigenvalue weighted by atomic mass is 10.1. The van der Waals surface area contributed by atoms with Crippen molar-refractivity contribution in [2.45, 2.75) is 13.5 Å². The maximum Gasteiger partial charge on any atom is 0.343 e. The van der Waals surface area contributed by atoms with Gasteiger partial charge in [0.25, 0.3) is 5.91 Å². The molecule has 1 aliphatic rings. The molecule has 0 unspecified atom stereocenters. The highest BCUT2D eigenvalue weighted by molar-refractivity contribution is 6.31. The normalized spacial score (nSPS) is 14.4. The van der Waals surface area contributed by atoms with Gasteiger partial charge in [-0.25, -0.2) is 4.79 Å². The van der Waals surface area contributed by atoms with Gasteiger partial charge in [-0.2, -0.15) is 0 Å². The van der Waals surface area contributed by atoms with Crippen molar-refractivity contribution in [3.63, 3.8) is 0 Å². The number of halogens is 1. The lowest BCUT2D eigenvalue weighted by molar-refractivity contribution is -0.137. The van der Waals surface area contributed by atoms with E-state index in [0.717, 1.165) is 0 Å². The number of hydrogen-bond donors (Lipinski definition) is 1. The molecule has 184 valence electrons. The molecular weight excluding hydrogens is 484 g/mol. The highest BCUT2D eigenvalue weighted by Crippen LogP contribution is 2.36. The summed E-state index contributed by atoms with van der Waals surface area (Å²) in [4.78, 5) is 39.2. The summed E-state index contributed by atoms with van der Waals surface area (Å²) in [7, 11) is 1.24. The van der Waals surface area contributed by atoms with Crippen molar-refractivity contribution in [2.75, 3.05) is 18.6 Å². The van der Waals surface area contributed by atoms with Crippen LogP contribution in [-0.4, -0.2) is 31.4 Å². The van der Waals surface area contributed by atoms with Crippen LogP contribution in [0.15, 0.2) is 88.3 Å². The molecule has 3 aromatic rings. The third kappa shape index (κ3) is 5.50. The summed E-state index contributed by atoms with van der Waals surface area (Å²) in [6, 6.07) is 17.4. The lowest BCUT2D eigenvalue weighted by Gasteiger charge is -2.21. The van der Waals surface area contributed by atoms with E-state index in [9.17, 15) is 14.4 Å². The number of ether oxygens (including phenoxy) is 2. The third-order valence-electron chi connectivity index (χ3n) is 5.47. The number of Topliss-reactive ketones (excluding diaryl/α,β-unsaturated/α-hetero) is 1. The number of allylic oxidation sites excluding steroid dienone is 2. The number of rotatable bonds is 8. The number of nitrogens with zero attached hydrogens (tertiary/aromatic N) is 1. The van der Waals surface area contributed by atoms with Gasteiger partial charge in [-0.05, 0) is 67.1 Å². The van der Waals surface area contributed by atoms with Gasteiger partial charge in [0.05, 0.1) is 25.6 Å². The molecule has 9 heteroatoms. The summed E-state index contributed by atoms with van der Waals surface area (Å²) in [5, 5.41) is 3.26. The molecular formula is C27H23ClN2O6. The number of carbonyl (C=O) groups excluding carboxylic acids is 3. The summed E-state index contributed by atoms with van der Waals surface area (Å²) in [5.41, 5.74) is 2.10. The monoisotopic (exact) mass is 506 g/mol. The Morgan fingerprint density at radius 1 is 1.08 bits per heavy atom. The van der Waals surface area contributed by atoms with Crippen molar-refractivity contribution in [3.8, 4) is 5.75 Å². The molecule has 1 aromatic heterocycles. The largest absolute Gasteiger partial charge is 0.484 e. The van der Waals surface area contributed by atoms with Crippen molar-refractivity contribution < 1.29 is 28.3 Å². The highest BCUT2D eigenvalue weighted by Gasteiger charge is 2.38. The van der Waals surface area contributed by atoms with E-state index in [0.29, 0.717) is 39.2 Å². The first-order valence-electron chi connectivity index (χ1n) is 11.0. The molecule has 36 heavy (non-hydrogen) atoms. The fourth-order valence-corrected chi connectivity index (χ4v) is 3.82. The molecule has 1 aliphatic heterocycles. The number of ketones is 1. The summed E-state index contributed by atoms with van der Waals surface area (Å²) in [6.07, 6.45) is 3.21. The maximum absolute atomic E-state index is 13.2. The smallest absolute Gasteiger partial charge is 0.343 e. The average Bonchev–Trinajstić information content (AvgIpc) is 3.49. The molecule has 0 fully saturated rings. The van der Waals surface area contributed by atoms with Crippen LogP contribution in [0.5, 0.6) is 5.75 Å². The Morgan fingerprint density at radius 2 is 1.81 bits per heavy atom. The molecule has 0 radical (unpaired) electrons. The summed E-state index contributed by atoms with van der Waals surface area (Å²) < 4.78 is 15.5. The van der Waals surface area contributed by atoms with Gasteiger partial charge in [-0.1, -0.05) is 23.7 Å². The molecule has 0 aliphatic carbocycles. The summed E-state index contributed by atoms with van der Waals surface area (Å²) in [5.74, 6) is -0.293. The first-order chi connectivity index (χ1) is 17.4. The van der Waals surface area contributed by atoms with Crippen molar-refractivity contribution in [1.29, 1.82) is 0 Å². The first-order valence-corrected chi connectivity index (χ1v) is 11.4. The zero-order chi connectivity index (χ0) is 25.7. The Hall–Kier alpha value is -4.30. The van der Waals surface area contributed by atoms with Crippen molar-refractivity contribution in [2.24, 2.45) is 0 Å². The second kappa shape index (κ2) is 11.0. The number of amides is 1. The number of esters is 1. The van der Waals surface area contributed by atoms with Crippen molar-refractivity contribution in [1.82, 2.24) is 5.32 Å². The molecule has 0 atom stereocenters. The van der Waals surface area contributed by atoms with Crippen LogP contribution >= 0.6 is 11.6 Å². The zero-order valence-electron chi connectivity index (χ0n) is 19.6. The number of nitrogens with one attached hydrogen (secondary N) is 1. The molecule has 2 heterocycles. The third-order valence-corrected chi connectivity index (χ3v) is 5.72. The molecule has 0 saturated carbocycles. The van der Waals surface area contributed by atoms with E-state index in [1.807, 2.05) is 0 Å². The second-order valence-electron chi connectivity index (χ2n) is 7.84. The molecule has 8 nitrogen and oxygen atoms in total. The van der Waals surface area contributed by atoms with Gasteiger partial charge in [-0.15, -0.1) is 0 Å². The van der Waals surface area contributed by atoms with E-state index in [2.05, 4.69) is 5.32 Å². The minimum Gasteiger partial charge on any atom is -0.484 e. The Bertz CT molecular complexity index is 1330. The van der Waals surface area contributed by atoms with Crippen LogP contribution in [0.2, 0.25) is 5.02 Å². The minimum absolute atomic E-state index is 0.0285. The van der Waals surface area contributed by atoms with Gasteiger partial charge >= 0.3 is 5.97 Å². The van der Waals surface area contributed by atoms with Gasteiger partial charge in [0.1, 0.15) is 17.1 Å². The maximum atomic E-state index is 13.2.